The Labute approximate surface area is 132 Å². The second-order valence-electron chi connectivity index (χ2n) is 4.98. The molecule has 1 aromatic carbocycles. The van der Waals surface area contributed by atoms with Gasteiger partial charge >= 0.3 is 0 Å². The number of halogens is 1. The first-order valence-electron chi connectivity index (χ1n) is 7.01. The molecule has 0 saturated carbocycles. The van der Waals surface area contributed by atoms with Crippen LogP contribution in [-0.2, 0) is 6.42 Å². The Morgan fingerprint density at radius 3 is 3.10 bits per heavy atom. The molecule has 0 fully saturated rings. The molecular weight excluding hydrogens is 334 g/mol. The van der Waals surface area contributed by atoms with E-state index in [1.165, 1.54) is 16.0 Å². The normalized spacial score (nSPS) is 14.9. The van der Waals surface area contributed by atoms with E-state index in [2.05, 4.69) is 57.8 Å². The molecule has 0 saturated heterocycles. The number of hydrogen-bond donors (Lipinski definition) is 1. The summed E-state index contributed by atoms with van der Waals surface area (Å²) in [4.78, 5) is 1.34. The summed E-state index contributed by atoms with van der Waals surface area (Å²) in [5, 5.41) is 5.79. The molecular formula is C16H18BrNOS. The van der Waals surface area contributed by atoms with E-state index in [0.29, 0.717) is 0 Å². The fourth-order valence-corrected chi connectivity index (χ4v) is 3.96. The lowest BCUT2D eigenvalue weighted by Gasteiger charge is -2.20. The summed E-state index contributed by atoms with van der Waals surface area (Å²) >= 11 is 5.43. The minimum Gasteiger partial charge on any atom is -0.493 e. The molecule has 4 heteroatoms. The van der Waals surface area contributed by atoms with Gasteiger partial charge in [-0.1, -0.05) is 28.9 Å². The van der Waals surface area contributed by atoms with Gasteiger partial charge in [-0.05, 0) is 42.1 Å². The molecule has 0 bridgehead atoms. The van der Waals surface area contributed by atoms with Crippen LogP contribution in [0, 0.1) is 0 Å². The highest BCUT2D eigenvalue weighted by molar-refractivity contribution is 9.10. The van der Waals surface area contributed by atoms with Crippen LogP contribution in [-0.4, -0.2) is 13.2 Å². The maximum atomic E-state index is 5.89. The van der Waals surface area contributed by atoms with Crippen molar-refractivity contribution in [3.63, 3.8) is 0 Å². The fraction of sp³-hybridized carbons (Fsp3) is 0.375. The van der Waals surface area contributed by atoms with Crippen molar-refractivity contribution in [1.82, 2.24) is 5.32 Å². The molecule has 0 spiro atoms. The van der Waals surface area contributed by atoms with Gasteiger partial charge < -0.3 is 10.1 Å². The van der Waals surface area contributed by atoms with Gasteiger partial charge in [0.2, 0.25) is 0 Å². The van der Waals surface area contributed by atoms with Crippen molar-refractivity contribution >= 4 is 27.3 Å². The van der Waals surface area contributed by atoms with Gasteiger partial charge in [0.05, 0.1) is 12.6 Å². The van der Waals surface area contributed by atoms with Gasteiger partial charge in [-0.15, -0.1) is 11.3 Å². The van der Waals surface area contributed by atoms with Gasteiger partial charge in [-0.3, -0.25) is 0 Å². The van der Waals surface area contributed by atoms with Crippen LogP contribution in [0.25, 0.3) is 0 Å². The molecule has 1 aliphatic rings. The molecule has 106 valence electrons. The first-order valence-corrected chi connectivity index (χ1v) is 8.68. The number of rotatable bonds is 5. The molecule has 1 unspecified atom stereocenters. The highest BCUT2D eigenvalue weighted by atomic mass is 79.9. The molecule has 2 heterocycles. The highest BCUT2D eigenvalue weighted by Gasteiger charge is 2.24. The van der Waals surface area contributed by atoms with Crippen molar-refractivity contribution in [2.75, 3.05) is 13.2 Å². The lowest BCUT2D eigenvalue weighted by molar-refractivity contribution is 0.350. The SMILES string of the molecule is CCCNC(c1cccs1)c1cc(Br)cc2c1OCC2. The van der Waals surface area contributed by atoms with E-state index < -0.39 is 0 Å². The average molecular weight is 352 g/mol. The zero-order chi connectivity index (χ0) is 13.9. The van der Waals surface area contributed by atoms with Gasteiger partial charge in [-0.25, -0.2) is 0 Å². The van der Waals surface area contributed by atoms with Crippen molar-refractivity contribution in [3.8, 4) is 5.75 Å². The molecule has 2 aromatic rings. The Bertz CT molecular complexity index is 582. The lowest BCUT2D eigenvalue weighted by Crippen LogP contribution is -2.23. The zero-order valence-electron chi connectivity index (χ0n) is 11.5. The lowest BCUT2D eigenvalue weighted by atomic mass is 10.0. The largest absolute Gasteiger partial charge is 0.493 e. The second-order valence-corrected chi connectivity index (χ2v) is 6.88. The Kier molecular flexibility index (Phi) is 4.44. The molecule has 20 heavy (non-hydrogen) atoms. The fourth-order valence-electron chi connectivity index (χ4n) is 2.62. The molecule has 1 aliphatic heterocycles. The third kappa shape index (κ3) is 2.78. The number of benzene rings is 1. The van der Waals surface area contributed by atoms with Gasteiger partial charge in [-0.2, -0.15) is 0 Å². The minimum atomic E-state index is 0.222. The van der Waals surface area contributed by atoms with Crippen LogP contribution in [0.4, 0.5) is 0 Å². The van der Waals surface area contributed by atoms with E-state index >= 15 is 0 Å². The van der Waals surface area contributed by atoms with Crippen LogP contribution in [0.5, 0.6) is 5.75 Å². The van der Waals surface area contributed by atoms with Crippen LogP contribution >= 0.6 is 27.3 Å². The summed E-state index contributed by atoms with van der Waals surface area (Å²) in [6.07, 6.45) is 2.13. The molecule has 1 atom stereocenters. The van der Waals surface area contributed by atoms with E-state index in [1.807, 2.05) is 0 Å². The summed E-state index contributed by atoms with van der Waals surface area (Å²) in [6, 6.07) is 8.90. The quantitative estimate of drug-likeness (QED) is 0.853. The van der Waals surface area contributed by atoms with Gasteiger partial charge in [0.15, 0.2) is 0 Å². The summed E-state index contributed by atoms with van der Waals surface area (Å²) in [6.45, 7) is 3.99. The predicted octanol–water partition coefficient (Wildman–Crippen LogP) is 4.53. The minimum absolute atomic E-state index is 0.222. The van der Waals surface area contributed by atoms with Crippen molar-refractivity contribution in [1.29, 1.82) is 0 Å². The van der Waals surface area contributed by atoms with Gasteiger partial charge in [0.1, 0.15) is 5.75 Å². The summed E-state index contributed by atoms with van der Waals surface area (Å²) in [5.74, 6) is 1.08. The standard InChI is InChI=1S/C16H18BrNOS/c1-2-6-18-15(14-4-3-8-20-14)13-10-12(17)9-11-5-7-19-16(11)13/h3-4,8-10,15,18H,2,5-7H2,1H3. The smallest absolute Gasteiger partial charge is 0.127 e. The van der Waals surface area contributed by atoms with Crippen molar-refractivity contribution in [2.45, 2.75) is 25.8 Å². The Balaban J connectivity index is 2.03. The van der Waals surface area contributed by atoms with Gasteiger partial charge in [0.25, 0.3) is 0 Å². The Hall–Kier alpha value is -0.840. The van der Waals surface area contributed by atoms with E-state index in [1.54, 1.807) is 11.3 Å². The average Bonchev–Trinajstić information content (AvgIpc) is 3.09. The number of fused-ring (bicyclic) bond motifs is 1. The Morgan fingerprint density at radius 2 is 2.35 bits per heavy atom. The van der Waals surface area contributed by atoms with Crippen molar-refractivity contribution < 1.29 is 4.74 Å². The zero-order valence-corrected chi connectivity index (χ0v) is 13.9. The first-order chi connectivity index (χ1) is 9.79. The monoisotopic (exact) mass is 351 g/mol. The molecule has 3 rings (SSSR count). The molecule has 1 aromatic heterocycles. The summed E-state index contributed by atoms with van der Waals surface area (Å²) < 4.78 is 7.02. The van der Waals surface area contributed by atoms with E-state index in [4.69, 9.17) is 4.74 Å². The van der Waals surface area contributed by atoms with Crippen molar-refractivity contribution in [3.05, 3.63) is 50.1 Å². The molecule has 1 N–H and O–H groups in total. The van der Waals surface area contributed by atoms with Crippen LogP contribution in [0.1, 0.15) is 35.4 Å². The Morgan fingerprint density at radius 1 is 1.45 bits per heavy atom. The number of nitrogens with one attached hydrogen (secondary N) is 1. The number of thiophene rings is 1. The highest BCUT2D eigenvalue weighted by Crippen LogP contribution is 2.39. The van der Waals surface area contributed by atoms with Crippen LogP contribution < -0.4 is 10.1 Å². The van der Waals surface area contributed by atoms with E-state index in [9.17, 15) is 0 Å². The molecule has 0 aliphatic carbocycles. The van der Waals surface area contributed by atoms with Crippen LogP contribution in [0.15, 0.2) is 34.1 Å². The third-order valence-electron chi connectivity index (χ3n) is 3.51. The van der Waals surface area contributed by atoms with Crippen LogP contribution in [0.3, 0.4) is 0 Å². The van der Waals surface area contributed by atoms with E-state index in [-0.39, 0.29) is 6.04 Å². The number of hydrogen-bond acceptors (Lipinski definition) is 3. The predicted molar refractivity (Wildman–Crippen MR) is 87.8 cm³/mol. The van der Waals surface area contributed by atoms with Gasteiger partial charge in [0, 0.05) is 21.3 Å². The second kappa shape index (κ2) is 6.29. The molecule has 2 nitrogen and oxygen atoms in total. The topological polar surface area (TPSA) is 21.3 Å². The van der Waals surface area contributed by atoms with E-state index in [0.717, 1.165) is 36.2 Å². The molecule has 0 amide bonds. The van der Waals surface area contributed by atoms with Crippen LogP contribution in [0.2, 0.25) is 0 Å². The first kappa shape index (κ1) is 14.1. The third-order valence-corrected chi connectivity index (χ3v) is 4.91. The maximum absolute atomic E-state index is 5.89. The summed E-state index contributed by atoms with van der Waals surface area (Å²) in [7, 11) is 0. The summed E-state index contributed by atoms with van der Waals surface area (Å²) in [5.41, 5.74) is 2.57. The number of ether oxygens (including phenoxy) is 1. The maximum Gasteiger partial charge on any atom is 0.127 e. The van der Waals surface area contributed by atoms with Crippen molar-refractivity contribution in [2.24, 2.45) is 0 Å². The molecule has 0 radical (unpaired) electrons.